The predicted octanol–water partition coefficient (Wildman–Crippen LogP) is 2.53. The second kappa shape index (κ2) is 7.50. The Bertz CT molecular complexity index is 440. The van der Waals surface area contributed by atoms with Crippen LogP contribution in [0.2, 0.25) is 0 Å². The third-order valence-corrected chi connectivity index (χ3v) is 2.19. The van der Waals surface area contributed by atoms with Gasteiger partial charge in [-0.05, 0) is 19.1 Å². The molecule has 0 aliphatic rings. The summed E-state index contributed by atoms with van der Waals surface area (Å²) in [5.41, 5.74) is 0.386. The van der Waals surface area contributed by atoms with E-state index in [1.54, 1.807) is 37.3 Å². The first-order valence-corrected chi connectivity index (χ1v) is 5.91. The van der Waals surface area contributed by atoms with E-state index in [0.717, 1.165) is 6.08 Å². The van der Waals surface area contributed by atoms with E-state index in [4.69, 9.17) is 21.1 Å². The Morgan fingerprint density at radius 1 is 1.28 bits per heavy atom. The number of halogens is 1. The molecule has 0 radical (unpaired) electrons. The molecule has 0 atom stereocenters. The zero-order valence-corrected chi connectivity index (χ0v) is 10.6. The number of hydrogen-bond acceptors (Lipinski definition) is 4. The number of carbonyl (C=O) groups excluding carboxylic acids is 2. The van der Waals surface area contributed by atoms with Crippen LogP contribution in [0.15, 0.2) is 42.2 Å². The third kappa shape index (κ3) is 4.59. The molecule has 0 heterocycles. The molecule has 1 aromatic rings. The molecule has 18 heavy (non-hydrogen) atoms. The fourth-order valence-corrected chi connectivity index (χ4v) is 1.29. The highest BCUT2D eigenvalue weighted by Gasteiger charge is 2.11. The molecule has 1 aromatic carbocycles. The van der Waals surface area contributed by atoms with Gasteiger partial charge < -0.3 is 9.47 Å². The average molecular weight is 269 g/mol. The summed E-state index contributed by atoms with van der Waals surface area (Å²) in [7, 11) is 0. The smallest absolute Gasteiger partial charge is 0.343 e. The molecule has 1 rings (SSSR count). The Labute approximate surface area is 110 Å². The first-order valence-electron chi connectivity index (χ1n) is 5.38. The largest absolute Gasteiger partial charge is 0.463 e. The van der Waals surface area contributed by atoms with Gasteiger partial charge in [-0.15, -0.1) is 11.6 Å². The van der Waals surface area contributed by atoms with Crippen LogP contribution in [0.3, 0.4) is 0 Å². The van der Waals surface area contributed by atoms with Crippen LogP contribution >= 0.6 is 11.6 Å². The van der Waals surface area contributed by atoms with Crippen molar-refractivity contribution in [1.82, 2.24) is 0 Å². The summed E-state index contributed by atoms with van der Waals surface area (Å²) in [6, 6.07) is 8.43. The summed E-state index contributed by atoms with van der Waals surface area (Å²) in [6.45, 7) is 1.93. The van der Waals surface area contributed by atoms with E-state index in [2.05, 4.69) is 0 Å². The first kappa shape index (κ1) is 14.3. The Kier molecular flexibility index (Phi) is 5.94. The summed E-state index contributed by atoms with van der Waals surface area (Å²) >= 11 is 5.59. The first-order chi connectivity index (χ1) is 8.67. The normalized spacial score (nSPS) is 10.9. The molecule has 0 aliphatic heterocycles. The van der Waals surface area contributed by atoms with Crippen molar-refractivity contribution in [3.05, 3.63) is 47.7 Å². The van der Waals surface area contributed by atoms with E-state index in [1.807, 2.05) is 0 Å². The zero-order valence-electron chi connectivity index (χ0n) is 9.89. The van der Waals surface area contributed by atoms with Gasteiger partial charge in [0.05, 0.1) is 24.1 Å². The molecular formula is C13H13ClO4. The molecule has 0 amide bonds. The lowest BCUT2D eigenvalue weighted by atomic mass is 10.2. The third-order valence-electron chi connectivity index (χ3n) is 1.93. The molecule has 5 heteroatoms. The summed E-state index contributed by atoms with van der Waals surface area (Å²) < 4.78 is 9.69. The van der Waals surface area contributed by atoms with Crippen molar-refractivity contribution in [2.24, 2.45) is 0 Å². The van der Waals surface area contributed by atoms with Crippen molar-refractivity contribution in [2.75, 3.05) is 12.5 Å². The van der Waals surface area contributed by atoms with E-state index < -0.39 is 11.9 Å². The maximum atomic E-state index is 11.7. The van der Waals surface area contributed by atoms with Crippen LogP contribution in [0.5, 0.6) is 0 Å². The highest BCUT2D eigenvalue weighted by Crippen LogP contribution is 2.08. The van der Waals surface area contributed by atoms with Gasteiger partial charge in [0.15, 0.2) is 0 Å². The fourth-order valence-electron chi connectivity index (χ4n) is 1.16. The van der Waals surface area contributed by atoms with Crippen molar-refractivity contribution in [2.45, 2.75) is 6.92 Å². The van der Waals surface area contributed by atoms with Crippen LogP contribution in [0.1, 0.15) is 17.3 Å². The minimum atomic E-state index is -0.589. The van der Waals surface area contributed by atoms with E-state index >= 15 is 0 Å². The summed E-state index contributed by atoms with van der Waals surface area (Å²) in [5.74, 6) is -1.18. The Balaban J connectivity index is 2.69. The Morgan fingerprint density at radius 2 is 1.94 bits per heavy atom. The SMILES string of the molecule is CCOC(=O)/C=C(/CCl)OC(=O)c1ccccc1. The van der Waals surface area contributed by atoms with Crippen LogP contribution in [-0.4, -0.2) is 24.4 Å². The Hall–Kier alpha value is -1.81. The van der Waals surface area contributed by atoms with Crippen molar-refractivity contribution in [3.8, 4) is 0 Å². The Morgan fingerprint density at radius 3 is 2.50 bits per heavy atom. The summed E-state index contributed by atoms with van der Waals surface area (Å²) in [4.78, 5) is 22.9. The highest BCUT2D eigenvalue weighted by atomic mass is 35.5. The maximum Gasteiger partial charge on any atom is 0.343 e. The molecule has 4 nitrogen and oxygen atoms in total. The zero-order chi connectivity index (χ0) is 13.4. The lowest BCUT2D eigenvalue weighted by Gasteiger charge is -2.05. The predicted molar refractivity (Wildman–Crippen MR) is 67.3 cm³/mol. The molecule has 0 fully saturated rings. The van der Waals surface area contributed by atoms with Crippen molar-refractivity contribution in [1.29, 1.82) is 0 Å². The monoisotopic (exact) mass is 268 g/mol. The molecule has 0 unspecified atom stereocenters. The minimum absolute atomic E-state index is 0.0592. The second-order valence-electron chi connectivity index (χ2n) is 3.25. The van der Waals surface area contributed by atoms with Gasteiger partial charge in [0.1, 0.15) is 5.76 Å². The highest BCUT2D eigenvalue weighted by molar-refractivity contribution is 6.19. The quantitative estimate of drug-likeness (QED) is 0.356. The molecule has 0 N–H and O–H groups in total. The van der Waals surface area contributed by atoms with Crippen molar-refractivity contribution < 1.29 is 19.1 Å². The van der Waals surface area contributed by atoms with Crippen LogP contribution in [0, 0.1) is 0 Å². The number of esters is 2. The van der Waals surface area contributed by atoms with Gasteiger partial charge in [0, 0.05) is 0 Å². The van der Waals surface area contributed by atoms with Crippen LogP contribution in [0.25, 0.3) is 0 Å². The number of ether oxygens (including phenoxy) is 2. The molecule has 96 valence electrons. The number of carbonyl (C=O) groups is 2. The number of benzene rings is 1. The van der Waals surface area contributed by atoms with Crippen molar-refractivity contribution in [3.63, 3.8) is 0 Å². The van der Waals surface area contributed by atoms with Gasteiger partial charge in [-0.25, -0.2) is 9.59 Å². The molecular weight excluding hydrogens is 256 g/mol. The fraction of sp³-hybridized carbons (Fsp3) is 0.231. The van der Waals surface area contributed by atoms with E-state index in [9.17, 15) is 9.59 Å². The molecule has 0 saturated carbocycles. The van der Waals surface area contributed by atoms with Gasteiger partial charge in [0.2, 0.25) is 0 Å². The summed E-state index contributed by atoms with van der Waals surface area (Å²) in [6.07, 6.45) is 1.07. The van der Waals surface area contributed by atoms with Gasteiger partial charge in [0.25, 0.3) is 0 Å². The van der Waals surface area contributed by atoms with Gasteiger partial charge in [-0.2, -0.15) is 0 Å². The minimum Gasteiger partial charge on any atom is -0.463 e. The summed E-state index contributed by atoms with van der Waals surface area (Å²) in [5, 5.41) is 0. The van der Waals surface area contributed by atoms with E-state index in [-0.39, 0.29) is 18.2 Å². The number of alkyl halides is 1. The average Bonchev–Trinajstić information content (AvgIpc) is 2.39. The molecule has 0 aliphatic carbocycles. The standard InChI is InChI=1S/C13H13ClO4/c1-2-17-12(15)8-11(9-14)18-13(16)10-6-4-3-5-7-10/h3-8H,2,9H2,1H3/b11-8-. The molecule has 0 spiro atoms. The van der Waals surface area contributed by atoms with Crippen molar-refractivity contribution >= 4 is 23.5 Å². The van der Waals surface area contributed by atoms with Crippen LogP contribution in [-0.2, 0) is 14.3 Å². The lowest BCUT2D eigenvalue weighted by molar-refractivity contribution is -0.137. The van der Waals surface area contributed by atoms with Crippen LogP contribution in [0.4, 0.5) is 0 Å². The molecule has 0 aromatic heterocycles. The molecule has 0 saturated heterocycles. The molecule has 0 bridgehead atoms. The maximum absolute atomic E-state index is 11.7. The van der Waals surface area contributed by atoms with E-state index in [0.29, 0.717) is 5.56 Å². The number of hydrogen-bond donors (Lipinski definition) is 0. The number of rotatable bonds is 5. The van der Waals surface area contributed by atoms with Crippen LogP contribution < -0.4 is 0 Å². The van der Waals surface area contributed by atoms with Gasteiger partial charge >= 0.3 is 11.9 Å². The lowest BCUT2D eigenvalue weighted by Crippen LogP contribution is -2.09. The van der Waals surface area contributed by atoms with Gasteiger partial charge in [-0.3, -0.25) is 0 Å². The second-order valence-corrected chi connectivity index (χ2v) is 3.52. The number of allylic oxidation sites excluding steroid dienone is 1. The van der Waals surface area contributed by atoms with E-state index in [1.165, 1.54) is 0 Å². The topological polar surface area (TPSA) is 52.6 Å². The van der Waals surface area contributed by atoms with Gasteiger partial charge in [-0.1, -0.05) is 18.2 Å².